The normalized spacial score (nSPS) is 17.9. The molecule has 6 nitrogen and oxygen atoms in total. The van der Waals surface area contributed by atoms with Gasteiger partial charge in [0.05, 0.1) is 16.9 Å². The number of para-hydroxylation sites is 1. The van der Waals surface area contributed by atoms with Gasteiger partial charge in [-0.1, -0.05) is 47.5 Å². The molecule has 2 aliphatic rings. The Hall–Kier alpha value is -4.19. The Morgan fingerprint density at radius 3 is 1.81 bits per heavy atom. The van der Waals surface area contributed by atoms with E-state index < -0.39 is 17.7 Å². The molecular formula is C25H18N2O4. The van der Waals surface area contributed by atoms with Crippen LogP contribution in [0.4, 0.5) is 16.2 Å². The number of anilines is 2. The number of rotatable bonds is 2. The van der Waals surface area contributed by atoms with Gasteiger partial charge in [-0.3, -0.25) is 14.5 Å². The van der Waals surface area contributed by atoms with Gasteiger partial charge in [0.15, 0.2) is 5.70 Å². The Kier molecular flexibility index (Phi) is 4.22. The fourth-order valence-electron chi connectivity index (χ4n) is 3.72. The van der Waals surface area contributed by atoms with Crippen LogP contribution in [0, 0.1) is 13.8 Å². The first kappa shape index (κ1) is 18.8. The molecule has 0 unspecified atom stereocenters. The van der Waals surface area contributed by atoms with Gasteiger partial charge in [-0.2, -0.15) is 0 Å². The molecule has 152 valence electrons. The lowest BCUT2D eigenvalue weighted by atomic mass is 10.1. The summed E-state index contributed by atoms with van der Waals surface area (Å²) in [5.74, 6) is -0.803. The van der Waals surface area contributed by atoms with E-state index in [-0.39, 0.29) is 11.5 Å². The summed E-state index contributed by atoms with van der Waals surface area (Å²) >= 11 is 0. The van der Waals surface area contributed by atoms with E-state index in [0.717, 1.165) is 16.0 Å². The molecule has 3 amide bonds. The van der Waals surface area contributed by atoms with Crippen molar-refractivity contribution in [1.82, 2.24) is 0 Å². The summed E-state index contributed by atoms with van der Waals surface area (Å²) in [5, 5.41) is 0. The van der Waals surface area contributed by atoms with Gasteiger partial charge in [0.2, 0.25) is 11.5 Å². The number of ether oxygens (including phenoxy) is 1. The molecule has 6 heteroatoms. The first-order valence-electron chi connectivity index (χ1n) is 9.83. The van der Waals surface area contributed by atoms with Gasteiger partial charge >= 0.3 is 6.03 Å². The van der Waals surface area contributed by atoms with Crippen molar-refractivity contribution in [3.8, 4) is 5.75 Å². The molecule has 0 radical (unpaired) electrons. The molecule has 0 saturated carbocycles. The van der Waals surface area contributed by atoms with E-state index in [2.05, 4.69) is 0 Å². The van der Waals surface area contributed by atoms with Crippen LogP contribution in [0.3, 0.4) is 0 Å². The largest absolute Gasteiger partial charge is 0.450 e. The predicted molar refractivity (Wildman–Crippen MR) is 116 cm³/mol. The Balaban J connectivity index is 1.70. The lowest BCUT2D eigenvalue weighted by Gasteiger charge is -2.18. The summed E-state index contributed by atoms with van der Waals surface area (Å²) in [6.07, 6.45) is 0. The third-order valence-corrected chi connectivity index (χ3v) is 5.36. The van der Waals surface area contributed by atoms with Gasteiger partial charge in [-0.25, -0.2) is 9.69 Å². The molecule has 31 heavy (non-hydrogen) atoms. The smallest absolute Gasteiger partial charge is 0.341 e. The van der Waals surface area contributed by atoms with E-state index in [0.29, 0.717) is 22.7 Å². The van der Waals surface area contributed by atoms with Crippen molar-refractivity contribution in [2.75, 3.05) is 9.80 Å². The van der Waals surface area contributed by atoms with Crippen LogP contribution >= 0.6 is 0 Å². The standard InChI is InChI=1S/C25H18N2O4/c1-15-7-11-17(12-8-15)26-21(23-22(28)19-5-3-4-6-20(19)31-23)24(29)27(25(26)30)18-13-9-16(2)10-14-18/h3-14H,1-2H3. The number of aryl methyl sites for hydroxylation is 2. The Morgan fingerprint density at radius 1 is 0.677 bits per heavy atom. The van der Waals surface area contributed by atoms with Gasteiger partial charge in [-0.15, -0.1) is 0 Å². The van der Waals surface area contributed by atoms with Crippen LogP contribution in [0.5, 0.6) is 5.75 Å². The fraction of sp³-hybridized carbons (Fsp3) is 0.0800. The third-order valence-electron chi connectivity index (χ3n) is 5.36. The molecular weight excluding hydrogens is 392 g/mol. The zero-order valence-electron chi connectivity index (χ0n) is 17.0. The average Bonchev–Trinajstić information content (AvgIpc) is 3.23. The first-order valence-corrected chi connectivity index (χ1v) is 9.83. The van der Waals surface area contributed by atoms with Gasteiger partial charge in [0.1, 0.15) is 5.75 Å². The molecule has 0 aromatic heterocycles. The Labute approximate surface area is 179 Å². The highest BCUT2D eigenvalue weighted by molar-refractivity contribution is 6.36. The maximum absolute atomic E-state index is 13.5. The van der Waals surface area contributed by atoms with E-state index in [9.17, 15) is 14.4 Å². The minimum absolute atomic E-state index is 0.0874. The molecule has 5 rings (SSSR count). The van der Waals surface area contributed by atoms with Crippen molar-refractivity contribution >= 4 is 29.1 Å². The second-order valence-electron chi connectivity index (χ2n) is 7.53. The highest BCUT2D eigenvalue weighted by Crippen LogP contribution is 2.39. The van der Waals surface area contributed by atoms with Gasteiger partial charge < -0.3 is 4.74 Å². The van der Waals surface area contributed by atoms with Crippen molar-refractivity contribution in [3.63, 3.8) is 0 Å². The molecule has 0 aliphatic carbocycles. The van der Waals surface area contributed by atoms with Crippen molar-refractivity contribution in [2.24, 2.45) is 0 Å². The van der Waals surface area contributed by atoms with Crippen LogP contribution in [-0.4, -0.2) is 17.7 Å². The molecule has 2 heterocycles. The van der Waals surface area contributed by atoms with Crippen molar-refractivity contribution in [3.05, 3.63) is 101 Å². The van der Waals surface area contributed by atoms with Crippen molar-refractivity contribution in [1.29, 1.82) is 0 Å². The monoisotopic (exact) mass is 410 g/mol. The highest BCUT2D eigenvalue weighted by atomic mass is 16.5. The van der Waals surface area contributed by atoms with Crippen LogP contribution in [0.2, 0.25) is 0 Å². The summed E-state index contributed by atoms with van der Waals surface area (Å²) in [6, 6.07) is 20.4. The highest BCUT2D eigenvalue weighted by Gasteiger charge is 2.48. The maximum atomic E-state index is 13.5. The van der Waals surface area contributed by atoms with Crippen LogP contribution in [0.15, 0.2) is 84.3 Å². The number of hydrogen-bond donors (Lipinski definition) is 0. The van der Waals surface area contributed by atoms with Gasteiger partial charge in [0.25, 0.3) is 5.91 Å². The topological polar surface area (TPSA) is 66.9 Å². The number of allylic oxidation sites excluding steroid dienone is 1. The van der Waals surface area contributed by atoms with Crippen LogP contribution in [0.25, 0.3) is 0 Å². The minimum Gasteiger partial charge on any atom is -0.450 e. The minimum atomic E-state index is -0.606. The van der Waals surface area contributed by atoms with Crippen LogP contribution < -0.4 is 14.5 Å². The molecule has 3 aromatic rings. The molecule has 0 spiro atoms. The second kappa shape index (κ2) is 6.95. The number of urea groups is 1. The lowest BCUT2D eigenvalue weighted by Crippen LogP contribution is -2.32. The Morgan fingerprint density at radius 2 is 1.23 bits per heavy atom. The fourth-order valence-corrected chi connectivity index (χ4v) is 3.72. The average molecular weight is 410 g/mol. The number of carbonyl (C=O) groups excluding carboxylic acids is 3. The molecule has 0 bridgehead atoms. The molecule has 1 fully saturated rings. The van der Waals surface area contributed by atoms with Crippen LogP contribution in [-0.2, 0) is 4.79 Å². The van der Waals surface area contributed by atoms with E-state index in [1.807, 2.05) is 38.1 Å². The van der Waals surface area contributed by atoms with Crippen molar-refractivity contribution < 1.29 is 19.1 Å². The van der Waals surface area contributed by atoms with Crippen molar-refractivity contribution in [2.45, 2.75) is 13.8 Å². The van der Waals surface area contributed by atoms with Gasteiger partial charge in [-0.05, 0) is 50.2 Å². The summed E-state index contributed by atoms with van der Waals surface area (Å²) < 4.78 is 5.79. The summed E-state index contributed by atoms with van der Waals surface area (Å²) in [7, 11) is 0. The number of fused-ring (bicyclic) bond motifs is 1. The number of amides is 3. The summed E-state index contributed by atoms with van der Waals surface area (Å²) in [4.78, 5) is 42.4. The number of ketones is 1. The quantitative estimate of drug-likeness (QED) is 0.451. The number of imide groups is 1. The Bertz CT molecular complexity index is 1270. The number of hydrogen-bond acceptors (Lipinski definition) is 4. The number of carbonyl (C=O) groups is 3. The van der Waals surface area contributed by atoms with Gasteiger partial charge in [0, 0.05) is 0 Å². The maximum Gasteiger partial charge on any atom is 0.341 e. The van der Waals surface area contributed by atoms with Crippen LogP contribution in [0.1, 0.15) is 21.5 Å². The van der Waals surface area contributed by atoms with E-state index >= 15 is 0 Å². The molecule has 0 N–H and O–H groups in total. The zero-order chi connectivity index (χ0) is 21.7. The summed E-state index contributed by atoms with van der Waals surface area (Å²) in [6.45, 7) is 3.85. The molecule has 3 aromatic carbocycles. The number of nitrogens with zero attached hydrogens (tertiary/aromatic N) is 2. The molecule has 0 atom stereocenters. The number of Topliss-reactive ketones (excluding diaryl/α,β-unsaturated/α-hetero) is 1. The summed E-state index contributed by atoms with van der Waals surface area (Å²) in [5.41, 5.74) is 3.19. The zero-order valence-corrected chi connectivity index (χ0v) is 17.0. The second-order valence-corrected chi connectivity index (χ2v) is 7.53. The molecule has 1 saturated heterocycles. The SMILES string of the molecule is Cc1ccc(N2C(=O)C(=C3Oc4ccccc4C3=O)N(c3ccc(C)cc3)C2=O)cc1. The van der Waals surface area contributed by atoms with E-state index in [1.165, 1.54) is 4.90 Å². The van der Waals surface area contributed by atoms with E-state index in [4.69, 9.17) is 4.74 Å². The number of benzene rings is 3. The third kappa shape index (κ3) is 2.92. The lowest BCUT2D eigenvalue weighted by molar-refractivity contribution is -0.114. The van der Waals surface area contributed by atoms with E-state index in [1.54, 1.807) is 48.5 Å². The predicted octanol–water partition coefficient (Wildman–Crippen LogP) is 4.76. The first-order chi connectivity index (χ1) is 15.0. The molecule has 2 aliphatic heterocycles.